The molecule has 25 heavy (non-hydrogen) atoms. The molecule has 0 spiro atoms. The third kappa shape index (κ3) is 4.21. The number of phenolic OH excluding ortho intramolecular Hbond substituents is 1. The summed E-state index contributed by atoms with van der Waals surface area (Å²) in [5, 5.41) is 14.2. The number of anilines is 2. The van der Waals surface area contributed by atoms with Gasteiger partial charge in [0.1, 0.15) is 5.75 Å². The number of aromatic hydroxyl groups is 1. The van der Waals surface area contributed by atoms with Crippen molar-refractivity contribution in [2.24, 2.45) is 0 Å². The highest BCUT2D eigenvalue weighted by Crippen LogP contribution is 2.29. The van der Waals surface area contributed by atoms with E-state index in [0.717, 1.165) is 42.3 Å². The molecule has 2 aromatic carbocycles. The normalized spacial score (nSPS) is 12.2. The molecule has 4 N–H and O–H groups in total. The Morgan fingerprint density at radius 1 is 1.12 bits per heavy atom. The molecule has 1 aromatic heterocycles. The smallest absolute Gasteiger partial charge is 0.115 e. The van der Waals surface area contributed by atoms with E-state index in [-0.39, 0.29) is 6.04 Å². The second-order valence-electron chi connectivity index (χ2n) is 6.46. The van der Waals surface area contributed by atoms with Crippen LogP contribution in [0.25, 0.3) is 10.9 Å². The molecule has 0 amide bonds. The lowest BCUT2D eigenvalue weighted by Crippen LogP contribution is -2.23. The molecule has 1 unspecified atom stereocenters. The zero-order chi connectivity index (χ0) is 17.6. The highest BCUT2D eigenvalue weighted by Gasteiger charge is 2.14. The van der Waals surface area contributed by atoms with Gasteiger partial charge in [-0.15, -0.1) is 0 Å². The van der Waals surface area contributed by atoms with Crippen molar-refractivity contribution >= 4 is 22.3 Å². The molecule has 0 bridgehead atoms. The number of benzene rings is 2. The first-order chi connectivity index (χ1) is 12.2. The molecule has 0 aliphatic heterocycles. The molecule has 0 aliphatic rings. The van der Waals surface area contributed by atoms with Gasteiger partial charge in [0.25, 0.3) is 0 Å². The summed E-state index contributed by atoms with van der Waals surface area (Å²) in [5.41, 5.74) is 9.99. The van der Waals surface area contributed by atoms with E-state index in [1.165, 1.54) is 5.56 Å². The molecule has 4 nitrogen and oxygen atoms in total. The third-order valence-electron chi connectivity index (χ3n) is 4.48. The van der Waals surface area contributed by atoms with E-state index in [4.69, 9.17) is 5.73 Å². The van der Waals surface area contributed by atoms with Crippen LogP contribution >= 0.6 is 0 Å². The molecule has 0 fully saturated rings. The Kier molecular flexibility index (Phi) is 5.39. The Labute approximate surface area is 148 Å². The minimum Gasteiger partial charge on any atom is -0.508 e. The lowest BCUT2D eigenvalue weighted by molar-refractivity contribution is 0.475. The van der Waals surface area contributed by atoms with E-state index >= 15 is 0 Å². The molecule has 0 radical (unpaired) electrons. The van der Waals surface area contributed by atoms with Crippen LogP contribution in [0.2, 0.25) is 0 Å². The van der Waals surface area contributed by atoms with Gasteiger partial charge in [0.05, 0.1) is 23.1 Å². The summed E-state index contributed by atoms with van der Waals surface area (Å²) in [6.45, 7) is 2.20. The van der Waals surface area contributed by atoms with Crippen LogP contribution in [-0.4, -0.2) is 16.1 Å². The van der Waals surface area contributed by atoms with E-state index in [2.05, 4.69) is 23.3 Å². The van der Waals surface area contributed by atoms with Crippen molar-refractivity contribution in [1.82, 2.24) is 4.98 Å². The first-order valence-corrected chi connectivity index (χ1v) is 8.85. The fourth-order valence-electron chi connectivity index (χ4n) is 3.11. The lowest BCUT2D eigenvalue weighted by atomic mass is 10.00. The molecule has 0 aliphatic carbocycles. The van der Waals surface area contributed by atoms with Gasteiger partial charge < -0.3 is 16.2 Å². The minimum atomic E-state index is 0.276. The molecular weight excluding hydrogens is 310 g/mol. The van der Waals surface area contributed by atoms with E-state index in [0.29, 0.717) is 11.4 Å². The van der Waals surface area contributed by atoms with Gasteiger partial charge in [-0.25, -0.2) is 0 Å². The fraction of sp³-hybridized carbons (Fsp3) is 0.286. The number of pyridine rings is 1. The van der Waals surface area contributed by atoms with Crippen molar-refractivity contribution in [3.63, 3.8) is 0 Å². The fourth-order valence-corrected chi connectivity index (χ4v) is 3.11. The number of hydrogen-bond acceptors (Lipinski definition) is 4. The van der Waals surface area contributed by atoms with Crippen molar-refractivity contribution in [1.29, 1.82) is 0 Å². The maximum Gasteiger partial charge on any atom is 0.115 e. The van der Waals surface area contributed by atoms with Crippen LogP contribution in [0, 0.1) is 0 Å². The number of para-hydroxylation sites is 1. The summed E-state index contributed by atoms with van der Waals surface area (Å²) in [6, 6.07) is 15.8. The minimum absolute atomic E-state index is 0.276. The monoisotopic (exact) mass is 335 g/mol. The van der Waals surface area contributed by atoms with Gasteiger partial charge in [0, 0.05) is 11.4 Å². The molecular formula is C21H25N3O. The van der Waals surface area contributed by atoms with Gasteiger partial charge >= 0.3 is 0 Å². The van der Waals surface area contributed by atoms with Crippen molar-refractivity contribution in [2.45, 2.75) is 38.6 Å². The standard InChI is InChI=1S/C21H25N3O/c1-2-3-6-16(13-15-9-11-17(25)12-10-15)24-21-18-7-4-5-8-20(18)23-14-19(21)22/h4-5,7-12,14,16,25H,2-3,6,13,22H2,1H3,(H,23,24). The molecule has 4 heteroatoms. The summed E-state index contributed by atoms with van der Waals surface area (Å²) in [5.74, 6) is 0.297. The van der Waals surface area contributed by atoms with E-state index < -0.39 is 0 Å². The Morgan fingerprint density at radius 3 is 2.64 bits per heavy atom. The predicted octanol–water partition coefficient (Wildman–Crippen LogP) is 4.74. The topological polar surface area (TPSA) is 71.2 Å². The number of fused-ring (bicyclic) bond motifs is 1. The van der Waals surface area contributed by atoms with Crippen molar-refractivity contribution in [3.05, 3.63) is 60.3 Å². The SMILES string of the molecule is CCCCC(Cc1ccc(O)cc1)Nc1c(N)cnc2ccccc12. The number of nitrogen functional groups attached to an aromatic ring is 1. The van der Waals surface area contributed by atoms with Crippen LogP contribution in [-0.2, 0) is 6.42 Å². The molecule has 1 heterocycles. The number of phenols is 1. The van der Waals surface area contributed by atoms with E-state index in [1.807, 2.05) is 30.3 Å². The number of nitrogens with zero attached hydrogens (tertiary/aromatic N) is 1. The first kappa shape index (κ1) is 17.1. The van der Waals surface area contributed by atoms with Gasteiger partial charge in [-0.05, 0) is 36.6 Å². The highest BCUT2D eigenvalue weighted by molar-refractivity contribution is 5.96. The van der Waals surface area contributed by atoms with E-state index in [9.17, 15) is 5.11 Å². The van der Waals surface area contributed by atoms with Crippen LogP contribution in [0.5, 0.6) is 5.75 Å². The van der Waals surface area contributed by atoms with Gasteiger partial charge in [-0.2, -0.15) is 0 Å². The number of rotatable bonds is 7. The molecule has 3 aromatic rings. The highest BCUT2D eigenvalue weighted by atomic mass is 16.3. The number of nitrogens with one attached hydrogen (secondary N) is 1. The Balaban J connectivity index is 1.87. The molecule has 1 atom stereocenters. The van der Waals surface area contributed by atoms with Crippen LogP contribution in [0.4, 0.5) is 11.4 Å². The van der Waals surface area contributed by atoms with Gasteiger partial charge in [0.2, 0.25) is 0 Å². The zero-order valence-electron chi connectivity index (χ0n) is 14.6. The number of nitrogens with two attached hydrogens (primary N) is 1. The molecule has 0 saturated heterocycles. The Bertz CT molecular complexity index is 830. The summed E-state index contributed by atoms with van der Waals surface area (Å²) in [4.78, 5) is 4.41. The van der Waals surface area contributed by atoms with Crippen LogP contribution in [0.1, 0.15) is 31.7 Å². The maximum absolute atomic E-state index is 9.48. The average Bonchev–Trinajstić information content (AvgIpc) is 2.63. The summed E-state index contributed by atoms with van der Waals surface area (Å²) in [6.07, 6.45) is 5.98. The van der Waals surface area contributed by atoms with Gasteiger partial charge in [0.15, 0.2) is 0 Å². The van der Waals surface area contributed by atoms with Crippen LogP contribution < -0.4 is 11.1 Å². The van der Waals surface area contributed by atoms with Gasteiger partial charge in [-0.3, -0.25) is 4.98 Å². The second-order valence-corrected chi connectivity index (χ2v) is 6.46. The second kappa shape index (κ2) is 7.88. The number of unbranched alkanes of at least 4 members (excludes halogenated alkanes) is 1. The van der Waals surface area contributed by atoms with Crippen molar-refractivity contribution in [2.75, 3.05) is 11.1 Å². The Hall–Kier alpha value is -2.75. The third-order valence-corrected chi connectivity index (χ3v) is 4.48. The molecule has 130 valence electrons. The first-order valence-electron chi connectivity index (χ1n) is 8.85. The molecule has 0 saturated carbocycles. The largest absolute Gasteiger partial charge is 0.508 e. The van der Waals surface area contributed by atoms with Crippen LogP contribution in [0.15, 0.2) is 54.7 Å². The lowest BCUT2D eigenvalue weighted by Gasteiger charge is -2.22. The van der Waals surface area contributed by atoms with Crippen molar-refractivity contribution in [3.8, 4) is 5.75 Å². The van der Waals surface area contributed by atoms with Gasteiger partial charge in [-0.1, -0.05) is 50.1 Å². The maximum atomic E-state index is 9.48. The summed E-state index contributed by atoms with van der Waals surface area (Å²) < 4.78 is 0. The van der Waals surface area contributed by atoms with Crippen molar-refractivity contribution < 1.29 is 5.11 Å². The zero-order valence-corrected chi connectivity index (χ0v) is 14.6. The van der Waals surface area contributed by atoms with E-state index in [1.54, 1.807) is 18.3 Å². The quantitative estimate of drug-likeness (QED) is 0.583. The Morgan fingerprint density at radius 2 is 1.88 bits per heavy atom. The number of aromatic nitrogens is 1. The molecule has 3 rings (SSSR count). The van der Waals surface area contributed by atoms with Crippen LogP contribution in [0.3, 0.4) is 0 Å². The predicted molar refractivity (Wildman–Crippen MR) is 105 cm³/mol. The summed E-state index contributed by atoms with van der Waals surface area (Å²) in [7, 11) is 0. The average molecular weight is 335 g/mol. The number of hydrogen-bond donors (Lipinski definition) is 3. The summed E-state index contributed by atoms with van der Waals surface area (Å²) >= 11 is 0.